The molecule has 0 aromatic rings. The summed E-state index contributed by atoms with van der Waals surface area (Å²) in [6, 6.07) is 0. The summed E-state index contributed by atoms with van der Waals surface area (Å²) in [5.41, 5.74) is 7.37. The molecule has 0 radical (unpaired) electrons. The second-order valence-corrected chi connectivity index (χ2v) is 4.84. The highest BCUT2D eigenvalue weighted by Gasteiger charge is 2.02. The number of nitrogens with two attached hydrogens (primary N) is 1. The molecule has 11 heavy (non-hydrogen) atoms. The van der Waals surface area contributed by atoms with Crippen molar-refractivity contribution in [1.82, 2.24) is 0 Å². The molecule has 0 bridgehead atoms. The average molecular weight is 234 g/mol. The lowest BCUT2D eigenvalue weighted by molar-refractivity contribution is 1.28. The molecular weight excluding hydrogens is 222 g/mol. The Morgan fingerprint density at radius 2 is 1.82 bits per heavy atom. The fourth-order valence-corrected chi connectivity index (χ4v) is 1.66. The lowest BCUT2D eigenvalue weighted by Gasteiger charge is -2.06. The van der Waals surface area contributed by atoms with E-state index in [-0.39, 0.29) is 0 Å². The molecule has 0 atom stereocenters. The van der Waals surface area contributed by atoms with Crippen LogP contribution in [0, 0.1) is 0 Å². The molecule has 2 N–H and O–H groups in total. The fraction of sp³-hybridized carbons (Fsp3) is 0.250. The number of hydrogen-bond acceptors (Lipinski definition) is 2. The summed E-state index contributed by atoms with van der Waals surface area (Å²) in [6.45, 7) is 11.3. The first-order valence-corrected chi connectivity index (χ1v) is 4.70. The molecule has 62 valence electrons. The van der Waals surface area contributed by atoms with Gasteiger partial charge in [-0.3, -0.25) is 0 Å². The molecule has 0 spiro atoms. The Kier molecular flexibility index (Phi) is 4.61. The first-order valence-electron chi connectivity index (χ1n) is 3.09. The molecular formula is C8H12BrNS. The van der Waals surface area contributed by atoms with Crippen LogP contribution in [0.2, 0.25) is 0 Å². The van der Waals surface area contributed by atoms with E-state index in [1.54, 1.807) is 0 Å². The van der Waals surface area contributed by atoms with E-state index in [0.29, 0.717) is 0 Å². The van der Waals surface area contributed by atoms with Gasteiger partial charge in [0.1, 0.15) is 0 Å². The van der Waals surface area contributed by atoms with E-state index >= 15 is 0 Å². The molecule has 0 unspecified atom stereocenters. The van der Waals surface area contributed by atoms with E-state index in [2.05, 4.69) is 29.1 Å². The van der Waals surface area contributed by atoms with Gasteiger partial charge in [-0.25, -0.2) is 0 Å². The van der Waals surface area contributed by atoms with Crippen LogP contribution in [0.5, 0.6) is 0 Å². The monoisotopic (exact) mass is 233 g/mol. The van der Waals surface area contributed by atoms with Crippen molar-refractivity contribution in [2.45, 2.75) is 13.8 Å². The topological polar surface area (TPSA) is 26.0 Å². The van der Waals surface area contributed by atoms with E-state index < -0.39 is 0 Å². The Bertz CT molecular complexity index is 214. The summed E-state index contributed by atoms with van der Waals surface area (Å²) in [7, 11) is 0. The van der Waals surface area contributed by atoms with Crippen molar-refractivity contribution < 1.29 is 0 Å². The summed E-state index contributed by atoms with van der Waals surface area (Å²) in [6.07, 6.45) is 0. The number of halogens is 1. The molecule has 0 aliphatic carbocycles. The quantitative estimate of drug-likeness (QED) is 0.758. The minimum Gasteiger partial charge on any atom is -0.401 e. The highest BCUT2D eigenvalue weighted by Crippen LogP contribution is 2.33. The summed E-state index contributed by atoms with van der Waals surface area (Å²) in [5, 5.41) is 0. The highest BCUT2D eigenvalue weighted by molar-refractivity contribution is 9.14. The van der Waals surface area contributed by atoms with Crippen LogP contribution < -0.4 is 5.73 Å². The third-order valence-electron chi connectivity index (χ3n) is 0.959. The normalized spacial score (nSPS) is 12.3. The molecule has 0 aliphatic rings. The summed E-state index contributed by atoms with van der Waals surface area (Å²) in [5.74, 6) is 0. The van der Waals surface area contributed by atoms with Crippen molar-refractivity contribution in [3.8, 4) is 0 Å². The van der Waals surface area contributed by atoms with Gasteiger partial charge in [-0.1, -0.05) is 24.9 Å². The van der Waals surface area contributed by atoms with Crippen molar-refractivity contribution in [2.24, 2.45) is 5.73 Å². The molecule has 0 saturated carbocycles. The lowest BCUT2D eigenvalue weighted by Crippen LogP contribution is -1.95. The number of thioether (sulfide) groups is 1. The smallest absolute Gasteiger partial charge is 0.0480 e. The van der Waals surface area contributed by atoms with Crippen LogP contribution in [0.25, 0.3) is 0 Å². The number of allylic oxidation sites excluding steroid dienone is 2. The van der Waals surface area contributed by atoms with Crippen molar-refractivity contribution >= 4 is 27.7 Å². The second kappa shape index (κ2) is 4.67. The zero-order valence-electron chi connectivity index (χ0n) is 6.78. The third-order valence-corrected chi connectivity index (χ3v) is 2.54. The predicted molar refractivity (Wildman–Crippen MR) is 57.4 cm³/mol. The van der Waals surface area contributed by atoms with Crippen LogP contribution in [-0.4, -0.2) is 0 Å². The van der Waals surface area contributed by atoms with E-state index in [1.807, 2.05) is 13.8 Å². The van der Waals surface area contributed by atoms with Gasteiger partial charge < -0.3 is 5.73 Å². The molecule has 3 heteroatoms. The van der Waals surface area contributed by atoms with E-state index in [1.165, 1.54) is 11.8 Å². The maximum atomic E-state index is 5.62. The molecule has 0 aliphatic heterocycles. The Balaban J connectivity index is 4.52. The highest BCUT2D eigenvalue weighted by atomic mass is 79.9. The molecule has 1 nitrogen and oxygen atoms in total. The lowest BCUT2D eigenvalue weighted by atomic mass is 10.3. The molecule has 0 aromatic carbocycles. The van der Waals surface area contributed by atoms with E-state index in [0.717, 1.165) is 20.0 Å². The largest absolute Gasteiger partial charge is 0.401 e. The van der Waals surface area contributed by atoms with Crippen LogP contribution in [0.1, 0.15) is 13.8 Å². The number of rotatable bonds is 3. The standard InChI is InChI=1S/C8H12BrNS/c1-5(2)8(6(3)10)11-7(4)9/h1,4,10H2,2-3H3/b8-6-. The first kappa shape index (κ1) is 10.8. The van der Waals surface area contributed by atoms with Crippen molar-refractivity contribution in [3.63, 3.8) is 0 Å². The van der Waals surface area contributed by atoms with Crippen LogP contribution in [0.15, 0.2) is 33.1 Å². The molecule has 0 heterocycles. The Morgan fingerprint density at radius 3 is 1.91 bits per heavy atom. The van der Waals surface area contributed by atoms with Crippen molar-refractivity contribution in [1.29, 1.82) is 0 Å². The van der Waals surface area contributed by atoms with Gasteiger partial charge in [0.2, 0.25) is 0 Å². The Hall–Kier alpha value is -0.150. The fourth-order valence-electron chi connectivity index (χ4n) is 0.615. The van der Waals surface area contributed by atoms with Crippen LogP contribution in [0.3, 0.4) is 0 Å². The van der Waals surface area contributed by atoms with Gasteiger partial charge in [0, 0.05) is 14.4 Å². The van der Waals surface area contributed by atoms with Gasteiger partial charge >= 0.3 is 0 Å². The van der Waals surface area contributed by atoms with Gasteiger partial charge in [-0.05, 0) is 35.4 Å². The molecule has 0 aromatic heterocycles. The first-order chi connectivity index (χ1) is 4.95. The zero-order valence-corrected chi connectivity index (χ0v) is 9.18. The van der Waals surface area contributed by atoms with Crippen LogP contribution in [0.4, 0.5) is 0 Å². The van der Waals surface area contributed by atoms with Gasteiger partial charge in [0.25, 0.3) is 0 Å². The zero-order chi connectivity index (χ0) is 9.02. The Morgan fingerprint density at radius 1 is 1.36 bits per heavy atom. The minimum absolute atomic E-state index is 0.781. The van der Waals surface area contributed by atoms with Gasteiger partial charge in [-0.15, -0.1) is 0 Å². The van der Waals surface area contributed by atoms with Gasteiger partial charge in [-0.2, -0.15) is 0 Å². The summed E-state index contributed by atoms with van der Waals surface area (Å²) < 4.78 is 0.848. The minimum atomic E-state index is 0.781. The SMILES string of the molecule is C=C(Br)S/C(C(=C)C)=C(/C)N. The molecule has 0 saturated heterocycles. The molecule has 0 rings (SSSR count). The number of hydrogen-bond donors (Lipinski definition) is 1. The van der Waals surface area contributed by atoms with Crippen molar-refractivity contribution in [3.05, 3.63) is 33.1 Å². The Labute approximate surface area is 80.6 Å². The van der Waals surface area contributed by atoms with Crippen LogP contribution in [-0.2, 0) is 0 Å². The summed E-state index contributed by atoms with van der Waals surface area (Å²) in [4.78, 5) is 0.992. The average Bonchev–Trinajstić information content (AvgIpc) is 1.81. The molecule has 0 amide bonds. The second-order valence-electron chi connectivity index (χ2n) is 2.25. The maximum Gasteiger partial charge on any atom is 0.0480 e. The third kappa shape index (κ3) is 4.32. The maximum absolute atomic E-state index is 5.62. The van der Waals surface area contributed by atoms with Crippen molar-refractivity contribution in [2.75, 3.05) is 0 Å². The predicted octanol–water partition coefficient (Wildman–Crippen LogP) is 3.35. The summed E-state index contributed by atoms with van der Waals surface area (Å²) >= 11 is 4.74. The van der Waals surface area contributed by atoms with E-state index in [9.17, 15) is 0 Å². The van der Waals surface area contributed by atoms with Crippen LogP contribution >= 0.6 is 27.7 Å². The molecule has 0 fully saturated rings. The van der Waals surface area contributed by atoms with E-state index in [4.69, 9.17) is 5.73 Å². The van der Waals surface area contributed by atoms with Gasteiger partial charge in [0.05, 0.1) is 0 Å². The van der Waals surface area contributed by atoms with Gasteiger partial charge in [0.15, 0.2) is 0 Å².